The molecule has 0 unspecified atom stereocenters. The van der Waals surface area contributed by atoms with Crippen molar-refractivity contribution in [1.82, 2.24) is 26.8 Å². The van der Waals surface area contributed by atoms with Crippen molar-refractivity contribution in [3.8, 4) is 0 Å². The molecule has 8 heteroatoms. The molecule has 3 amide bonds. The fourth-order valence-corrected chi connectivity index (χ4v) is 3.65. The third-order valence-corrected chi connectivity index (χ3v) is 5.62. The Morgan fingerprint density at radius 2 is 1.79 bits per heavy atom. The number of hydrazine groups is 1. The first kappa shape index (κ1) is 22.9. The molecule has 5 N–H and O–H groups in total. The van der Waals surface area contributed by atoms with E-state index in [9.17, 15) is 9.59 Å². The third kappa shape index (κ3) is 7.53. The summed E-state index contributed by atoms with van der Waals surface area (Å²) in [5, 5.41) is 9.29. The predicted molar refractivity (Wildman–Crippen MR) is 119 cm³/mol. The maximum atomic E-state index is 12.3. The summed E-state index contributed by atoms with van der Waals surface area (Å²) in [4.78, 5) is 23.9. The maximum Gasteiger partial charge on any atom is 0.315 e. The van der Waals surface area contributed by atoms with Crippen molar-refractivity contribution in [2.75, 3.05) is 0 Å². The molecule has 0 aromatic heterocycles. The summed E-state index contributed by atoms with van der Waals surface area (Å²) in [6.45, 7) is 8.71. The Morgan fingerprint density at radius 3 is 2.45 bits per heavy atom. The Morgan fingerprint density at radius 1 is 1.10 bits per heavy atom. The summed E-state index contributed by atoms with van der Waals surface area (Å²) in [5.74, 6) is 0.947. The number of rotatable bonds is 5. The van der Waals surface area contributed by atoms with E-state index in [-0.39, 0.29) is 18.0 Å². The van der Waals surface area contributed by atoms with E-state index >= 15 is 0 Å². The second-order valence-corrected chi connectivity index (χ2v) is 8.51. The molecule has 0 heterocycles. The lowest BCUT2D eigenvalue weighted by Crippen LogP contribution is -2.52. The van der Waals surface area contributed by atoms with Crippen molar-refractivity contribution in [3.05, 3.63) is 35.4 Å². The molecule has 0 saturated heterocycles. The van der Waals surface area contributed by atoms with Gasteiger partial charge in [-0.15, -0.1) is 0 Å². The standard InChI is InChI=1S/C21H33N5O2S/c1-13(2)23-20(28)22-12-16-8-10-17(11-9-16)19(27)25-26-21(29)24-18-7-5-6-14(3)15(18)4/h8-11,13-15,18H,5-7,12H2,1-4H3,(H,25,27)(H2,22,23,28)(H2,24,26,29)/t14-,15+,18-/m0/s1. The molecule has 1 fully saturated rings. The van der Waals surface area contributed by atoms with Crippen molar-refractivity contribution < 1.29 is 9.59 Å². The summed E-state index contributed by atoms with van der Waals surface area (Å²) >= 11 is 5.32. The molecule has 1 aliphatic rings. The molecule has 0 bridgehead atoms. The van der Waals surface area contributed by atoms with Gasteiger partial charge in [-0.2, -0.15) is 0 Å². The van der Waals surface area contributed by atoms with E-state index in [1.165, 1.54) is 12.8 Å². The highest BCUT2D eigenvalue weighted by molar-refractivity contribution is 7.80. The van der Waals surface area contributed by atoms with Crippen LogP contribution in [0.2, 0.25) is 0 Å². The van der Waals surface area contributed by atoms with Gasteiger partial charge in [0.2, 0.25) is 0 Å². The summed E-state index contributed by atoms with van der Waals surface area (Å²) in [6.07, 6.45) is 3.54. The van der Waals surface area contributed by atoms with E-state index < -0.39 is 0 Å². The van der Waals surface area contributed by atoms with Gasteiger partial charge in [0.1, 0.15) is 0 Å². The van der Waals surface area contributed by atoms with Gasteiger partial charge in [-0.05, 0) is 62.0 Å². The maximum absolute atomic E-state index is 12.3. The molecule has 3 atom stereocenters. The van der Waals surface area contributed by atoms with Gasteiger partial charge in [-0.3, -0.25) is 15.6 Å². The normalized spacial score (nSPS) is 21.2. The average molecular weight is 420 g/mol. The molecule has 29 heavy (non-hydrogen) atoms. The average Bonchev–Trinajstić information content (AvgIpc) is 2.68. The van der Waals surface area contributed by atoms with Gasteiger partial charge in [0.25, 0.3) is 5.91 Å². The van der Waals surface area contributed by atoms with Crippen LogP contribution in [0.25, 0.3) is 0 Å². The van der Waals surface area contributed by atoms with Crippen LogP contribution >= 0.6 is 12.2 Å². The second-order valence-electron chi connectivity index (χ2n) is 8.11. The van der Waals surface area contributed by atoms with Crippen LogP contribution < -0.4 is 26.8 Å². The zero-order chi connectivity index (χ0) is 21.4. The molecule has 160 valence electrons. The minimum absolute atomic E-state index is 0.0823. The van der Waals surface area contributed by atoms with E-state index in [1.54, 1.807) is 12.1 Å². The number of amides is 3. The van der Waals surface area contributed by atoms with Gasteiger partial charge in [0.05, 0.1) is 0 Å². The number of nitrogens with one attached hydrogen (secondary N) is 5. The first-order chi connectivity index (χ1) is 13.8. The van der Waals surface area contributed by atoms with Gasteiger partial charge in [0.15, 0.2) is 5.11 Å². The highest BCUT2D eigenvalue weighted by Crippen LogP contribution is 2.29. The summed E-state index contributed by atoms with van der Waals surface area (Å²) in [6, 6.07) is 7.26. The molecule has 0 radical (unpaired) electrons. The van der Waals surface area contributed by atoms with Crippen molar-refractivity contribution >= 4 is 29.3 Å². The lowest BCUT2D eigenvalue weighted by Gasteiger charge is -2.35. The number of carbonyl (C=O) groups is 2. The Kier molecular flexibility index (Phi) is 8.70. The van der Waals surface area contributed by atoms with Crippen molar-refractivity contribution in [2.24, 2.45) is 11.8 Å². The number of urea groups is 1. The van der Waals surface area contributed by atoms with Crippen LogP contribution in [0.3, 0.4) is 0 Å². The zero-order valence-corrected chi connectivity index (χ0v) is 18.5. The highest BCUT2D eigenvalue weighted by Gasteiger charge is 2.27. The molecule has 0 aliphatic heterocycles. The molecule has 1 aromatic carbocycles. The van der Waals surface area contributed by atoms with Crippen LogP contribution in [0.5, 0.6) is 0 Å². The summed E-state index contributed by atoms with van der Waals surface area (Å²) in [7, 11) is 0. The monoisotopic (exact) mass is 419 g/mol. The first-order valence-corrected chi connectivity index (χ1v) is 10.7. The quantitative estimate of drug-likeness (QED) is 0.374. The van der Waals surface area contributed by atoms with Crippen LogP contribution in [-0.2, 0) is 6.54 Å². The van der Waals surface area contributed by atoms with Gasteiger partial charge in [0, 0.05) is 24.2 Å². The minimum Gasteiger partial charge on any atom is -0.358 e. The smallest absolute Gasteiger partial charge is 0.315 e. The molecule has 1 saturated carbocycles. The summed E-state index contributed by atoms with van der Waals surface area (Å²) < 4.78 is 0. The van der Waals surface area contributed by atoms with Gasteiger partial charge in [-0.25, -0.2) is 4.79 Å². The topological polar surface area (TPSA) is 94.3 Å². The van der Waals surface area contributed by atoms with Gasteiger partial charge >= 0.3 is 6.03 Å². The fraction of sp³-hybridized carbons (Fsp3) is 0.571. The Hall–Kier alpha value is -2.35. The van der Waals surface area contributed by atoms with Crippen LogP contribution in [0.15, 0.2) is 24.3 Å². The molecule has 2 rings (SSSR count). The first-order valence-electron chi connectivity index (χ1n) is 10.3. The molecule has 0 spiro atoms. The van der Waals surface area contributed by atoms with E-state index in [0.717, 1.165) is 12.0 Å². The molecule has 1 aromatic rings. The molecule has 7 nitrogen and oxygen atoms in total. The van der Waals surface area contributed by atoms with E-state index in [2.05, 4.69) is 40.6 Å². The fourth-order valence-electron chi connectivity index (χ4n) is 3.45. The predicted octanol–water partition coefficient (Wildman–Crippen LogP) is 2.83. The zero-order valence-electron chi connectivity index (χ0n) is 17.7. The van der Waals surface area contributed by atoms with Crippen LogP contribution in [0.1, 0.15) is 62.9 Å². The molecular formula is C21H33N5O2S. The lowest BCUT2D eigenvalue weighted by atomic mass is 9.78. The van der Waals surface area contributed by atoms with Crippen molar-refractivity contribution in [2.45, 2.75) is 65.6 Å². The number of hydrogen-bond acceptors (Lipinski definition) is 3. The van der Waals surface area contributed by atoms with Gasteiger partial charge < -0.3 is 16.0 Å². The van der Waals surface area contributed by atoms with Crippen molar-refractivity contribution in [3.63, 3.8) is 0 Å². The van der Waals surface area contributed by atoms with E-state index in [0.29, 0.717) is 35.1 Å². The lowest BCUT2D eigenvalue weighted by molar-refractivity contribution is 0.0943. The highest BCUT2D eigenvalue weighted by atomic mass is 32.1. The van der Waals surface area contributed by atoms with Crippen molar-refractivity contribution in [1.29, 1.82) is 0 Å². The summed E-state index contributed by atoms with van der Waals surface area (Å²) in [5.41, 5.74) is 6.84. The number of thiocarbonyl (C=S) groups is 1. The Bertz CT molecular complexity index is 708. The Balaban J connectivity index is 1.76. The van der Waals surface area contributed by atoms with Crippen LogP contribution in [-0.4, -0.2) is 29.1 Å². The minimum atomic E-state index is -0.267. The number of hydrogen-bond donors (Lipinski definition) is 5. The number of benzene rings is 1. The Labute approximate surface area is 178 Å². The van der Waals surface area contributed by atoms with Crippen LogP contribution in [0, 0.1) is 11.8 Å². The third-order valence-electron chi connectivity index (χ3n) is 5.40. The second kappa shape index (κ2) is 11.0. The van der Waals surface area contributed by atoms with E-state index in [4.69, 9.17) is 12.2 Å². The van der Waals surface area contributed by atoms with E-state index in [1.807, 2.05) is 26.0 Å². The molecular weight excluding hydrogens is 386 g/mol. The largest absolute Gasteiger partial charge is 0.358 e. The van der Waals surface area contributed by atoms with Crippen LogP contribution in [0.4, 0.5) is 4.79 Å². The molecule has 1 aliphatic carbocycles. The SMILES string of the molecule is CC(C)NC(=O)NCc1ccc(C(=O)NNC(=S)N[C@H]2CCC[C@H](C)[C@H]2C)cc1. The number of carbonyl (C=O) groups excluding carboxylic acids is 2. The van der Waals surface area contributed by atoms with Gasteiger partial charge in [-0.1, -0.05) is 38.8 Å².